The van der Waals surface area contributed by atoms with E-state index in [-0.39, 0.29) is 30.0 Å². The first-order valence-electron chi connectivity index (χ1n) is 13.6. The minimum Gasteiger partial charge on any atom is -0.542 e. The minimum atomic E-state index is -5.19. The summed E-state index contributed by atoms with van der Waals surface area (Å²) >= 11 is 0. The number of benzene rings is 2. The Hall–Kier alpha value is -4.42. The van der Waals surface area contributed by atoms with E-state index in [2.05, 4.69) is 5.32 Å². The van der Waals surface area contributed by atoms with Crippen LogP contribution in [0.3, 0.4) is 0 Å². The van der Waals surface area contributed by atoms with Crippen LogP contribution >= 0.6 is 0 Å². The van der Waals surface area contributed by atoms with Gasteiger partial charge in [0.1, 0.15) is 5.97 Å². The van der Waals surface area contributed by atoms with E-state index in [1.54, 1.807) is 24.3 Å². The second-order valence-corrected chi connectivity index (χ2v) is 10.9. The molecule has 1 atom stereocenters. The summed E-state index contributed by atoms with van der Waals surface area (Å²) in [5.74, 6) is -3.84. The van der Waals surface area contributed by atoms with Gasteiger partial charge in [0.15, 0.2) is 0 Å². The number of aryl methyl sites for hydroxylation is 1. The molecule has 234 valence electrons. The van der Waals surface area contributed by atoms with Gasteiger partial charge >= 0.3 is 12.1 Å². The number of carboxylic acids is 2. The quantitative estimate of drug-likeness (QED) is 0.229. The number of carboxylic acid groups (broad SMARTS) is 2. The summed E-state index contributed by atoms with van der Waals surface area (Å²) < 4.78 is 31.5. The molecule has 43 heavy (non-hydrogen) atoms. The van der Waals surface area contributed by atoms with Crippen LogP contribution in [0.2, 0.25) is 0 Å². The molecular weight excluding hydrogens is 569 g/mol. The molecule has 1 saturated heterocycles. The molecule has 0 bridgehead atoms. The Morgan fingerprint density at radius 3 is 2.00 bits per heavy atom. The number of piperidine rings is 1. The number of amides is 2. The predicted molar refractivity (Wildman–Crippen MR) is 149 cm³/mol. The van der Waals surface area contributed by atoms with Crippen molar-refractivity contribution in [1.29, 1.82) is 0 Å². The van der Waals surface area contributed by atoms with Crippen molar-refractivity contribution in [2.24, 2.45) is 17.1 Å². The van der Waals surface area contributed by atoms with Crippen LogP contribution in [-0.4, -0.2) is 64.9 Å². The zero-order valence-electron chi connectivity index (χ0n) is 24.0. The number of halogens is 3. The number of alkyl halides is 3. The van der Waals surface area contributed by atoms with Crippen LogP contribution in [0.4, 0.5) is 13.2 Å². The van der Waals surface area contributed by atoms with Crippen LogP contribution in [0, 0.1) is 11.3 Å². The normalized spacial score (nSPS) is 14.6. The van der Waals surface area contributed by atoms with E-state index in [4.69, 9.17) is 26.2 Å². The third-order valence-electron chi connectivity index (χ3n) is 7.37. The van der Waals surface area contributed by atoms with Crippen molar-refractivity contribution in [1.82, 2.24) is 10.2 Å². The summed E-state index contributed by atoms with van der Waals surface area (Å²) in [6, 6.07) is 16.3. The molecule has 1 heterocycles. The van der Waals surface area contributed by atoms with Gasteiger partial charge < -0.3 is 25.2 Å². The van der Waals surface area contributed by atoms with E-state index in [1.165, 1.54) is 0 Å². The van der Waals surface area contributed by atoms with Gasteiger partial charge in [0, 0.05) is 31.1 Å². The summed E-state index contributed by atoms with van der Waals surface area (Å²) in [4.78, 5) is 48.5. The number of nitrogens with one attached hydrogen (secondary N) is 1. The number of rotatable bonds is 10. The molecule has 0 aromatic heterocycles. The molecule has 6 N–H and O–H groups in total. The number of carbonyl (C=O) groups excluding carboxylic acids is 3. The number of nitrogens with two attached hydrogens (primary N) is 2. The molecule has 1 aliphatic rings. The number of hydrogen-bond donors (Lipinski definition) is 4. The molecule has 0 aliphatic carbocycles. The van der Waals surface area contributed by atoms with Gasteiger partial charge in [0.05, 0.1) is 11.0 Å². The number of likely N-dealkylation sites (tertiary alicyclic amines) is 1. The number of hydrogen-bond acceptors (Lipinski definition) is 5. The van der Waals surface area contributed by atoms with Crippen molar-refractivity contribution in [3.05, 3.63) is 71.3 Å². The summed E-state index contributed by atoms with van der Waals surface area (Å²) in [6.07, 6.45) is -2.43. The first kappa shape index (κ1) is 34.8. The highest BCUT2D eigenvalue weighted by Gasteiger charge is 2.41. The lowest BCUT2D eigenvalue weighted by atomic mass is 9.79. The number of nitrogens with zero attached hydrogens (tertiary/aromatic N) is 1. The molecule has 3 rings (SSSR count). The van der Waals surface area contributed by atoms with E-state index in [1.807, 2.05) is 49.1 Å². The van der Waals surface area contributed by atoms with Gasteiger partial charge in [-0.15, -0.1) is 0 Å². The van der Waals surface area contributed by atoms with E-state index >= 15 is 0 Å². The molecule has 0 spiro atoms. The monoisotopic (exact) mass is 606 g/mol. The number of carbonyl (C=O) groups is 4. The smallest absolute Gasteiger partial charge is 0.430 e. The first-order chi connectivity index (χ1) is 20.0. The second-order valence-electron chi connectivity index (χ2n) is 10.9. The molecule has 1 fully saturated rings. The SMILES string of the molecule is CC(C)(C(=O)N1CCC(CC(=O)O)CC1)C(CCc1ccccc1)NC(=O)c1ccc(C(N)=[NH2+])cc1.O=C([O-])C(F)(F)F. The fraction of sp³-hybridized carbons (Fsp3) is 0.433. The van der Waals surface area contributed by atoms with E-state index in [0.29, 0.717) is 49.9 Å². The van der Waals surface area contributed by atoms with Crippen molar-refractivity contribution in [2.45, 2.75) is 58.2 Å². The molecule has 0 radical (unpaired) electrons. The highest BCUT2D eigenvalue weighted by Crippen LogP contribution is 2.31. The summed E-state index contributed by atoms with van der Waals surface area (Å²) in [5.41, 5.74) is 7.01. The highest BCUT2D eigenvalue weighted by molar-refractivity contribution is 5.97. The molecule has 2 aromatic rings. The van der Waals surface area contributed by atoms with E-state index in [0.717, 1.165) is 5.56 Å². The number of amidine groups is 1. The van der Waals surface area contributed by atoms with Gasteiger partial charge in [-0.3, -0.25) is 25.5 Å². The van der Waals surface area contributed by atoms with Crippen molar-refractivity contribution >= 4 is 29.6 Å². The van der Waals surface area contributed by atoms with Crippen LogP contribution < -0.4 is 21.6 Å². The molecule has 13 heteroatoms. The molecule has 1 aliphatic heterocycles. The largest absolute Gasteiger partial charge is 0.542 e. The third-order valence-corrected chi connectivity index (χ3v) is 7.37. The van der Waals surface area contributed by atoms with Crippen LogP contribution in [-0.2, 0) is 20.8 Å². The Balaban J connectivity index is 0.000000821. The van der Waals surface area contributed by atoms with Gasteiger partial charge in [-0.2, -0.15) is 13.2 Å². The average Bonchev–Trinajstić information content (AvgIpc) is 2.95. The minimum absolute atomic E-state index is 0.0320. The Morgan fingerprint density at radius 1 is 1.02 bits per heavy atom. The van der Waals surface area contributed by atoms with Gasteiger partial charge in [-0.25, -0.2) is 0 Å². The van der Waals surface area contributed by atoms with Crippen molar-refractivity contribution in [3.63, 3.8) is 0 Å². The Morgan fingerprint density at radius 2 is 1.53 bits per heavy atom. The maximum Gasteiger partial charge on any atom is 0.430 e. The molecular formula is C30H37F3N4O6. The fourth-order valence-corrected chi connectivity index (χ4v) is 4.77. The Kier molecular flexibility index (Phi) is 12.3. The lowest BCUT2D eigenvalue weighted by Crippen LogP contribution is -2.55. The lowest BCUT2D eigenvalue weighted by Gasteiger charge is -2.40. The second kappa shape index (κ2) is 15.2. The molecule has 1 unspecified atom stereocenters. The van der Waals surface area contributed by atoms with Gasteiger partial charge in [0.2, 0.25) is 5.91 Å². The lowest BCUT2D eigenvalue weighted by molar-refractivity contribution is -0.344. The molecule has 0 saturated carbocycles. The van der Waals surface area contributed by atoms with Gasteiger partial charge in [-0.05, 0) is 75.3 Å². The van der Waals surface area contributed by atoms with Crippen molar-refractivity contribution in [2.75, 3.05) is 13.1 Å². The van der Waals surface area contributed by atoms with E-state index < -0.39 is 29.6 Å². The Bertz CT molecular complexity index is 1280. The summed E-state index contributed by atoms with van der Waals surface area (Å²) in [6.45, 7) is 4.81. The predicted octanol–water partition coefficient (Wildman–Crippen LogP) is 0.920. The zero-order chi connectivity index (χ0) is 32.4. The average molecular weight is 607 g/mol. The standard InChI is InChI=1S/C28H36N4O4.C2HF3O2/c1-28(2,27(36)32-16-14-20(15-17-32)18-24(33)34)23(13-8-19-6-4-3-5-7-19)31-26(35)22-11-9-21(10-12-22)25(29)30;3-2(4,5)1(6)7/h3-7,9-12,20,23H,8,13-18H2,1-2H3,(H3,29,30)(H,31,35)(H,33,34);(H,6,7). The van der Waals surface area contributed by atoms with Crippen LogP contribution in [0.1, 0.15) is 61.0 Å². The summed E-state index contributed by atoms with van der Waals surface area (Å²) in [7, 11) is 0. The maximum atomic E-state index is 13.7. The molecule has 2 amide bonds. The fourth-order valence-electron chi connectivity index (χ4n) is 4.77. The highest BCUT2D eigenvalue weighted by atomic mass is 19.4. The first-order valence-corrected chi connectivity index (χ1v) is 13.6. The zero-order valence-corrected chi connectivity index (χ0v) is 24.0. The van der Waals surface area contributed by atoms with Gasteiger partial charge in [0.25, 0.3) is 11.7 Å². The van der Waals surface area contributed by atoms with E-state index in [9.17, 15) is 27.6 Å². The maximum absolute atomic E-state index is 13.7. The summed E-state index contributed by atoms with van der Waals surface area (Å²) in [5, 5.41) is 26.6. The third kappa shape index (κ3) is 10.7. The molecule has 10 nitrogen and oxygen atoms in total. The molecule has 2 aromatic carbocycles. The Labute approximate surface area is 247 Å². The van der Waals surface area contributed by atoms with Gasteiger partial charge in [-0.1, -0.05) is 30.3 Å². The van der Waals surface area contributed by atoms with Crippen LogP contribution in [0.5, 0.6) is 0 Å². The van der Waals surface area contributed by atoms with Crippen LogP contribution in [0.15, 0.2) is 54.6 Å². The van der Waals surface area contributed by atoms with Crippen molar-refractivity contribution < 1.29 is 48.0 Å². The topological polar surface area (TPSA) is 178 Å². The van der Waals surface area contributed by atoms with Crippen LogP contribution in [0.25, 0.3) is 0 Å². The number of aliphatic carboxylic acids is 2. The van der Waals surface area contributed by atoms with Crippen molar-refractivity contribution in [3.8, 4) is 0 Å².